The Morgan fingerprint density at radius 3 is 2.71 bits per heavy atom. The van der Waals surface area contributed by atoms with Crippen LogP contribution in [0.2, 0.25) is 0 Å². The molecule has 0 atom stereocenters. The third-order valence-electron chi connectivity index (χ3n) is 4.81. The summed E-state index contributed by atoms with van der Waals surface area (Å²) < 4.78 is 5.77. The van der Waals surface area contributed by atoms with E-state index in [0.717, 1.165) is 50.0 Å². The fraction of sp³-hybridized carbons (Fsp3) is 0.667. The van der Waals surface area contributed by atoms with E-state index < -0.39 is 0 Å². The minimum Gasteiger partial charge on any atom is -0.494 e. The first-order chi connectivity index (χ1) is 13.1. The van der Waals surface area contributed by atoms with Crippen molar-refractivity contribution in [2.75, 3.05) is 59.5 Å². The average Bonchev–Trinajstić information content (AvgIpc) is 2.85. The highest BCUT2D eigenvalue weighted by Crippen LogP contribution is 2.21. The van der Waals surface area contributed by atoms with Crippen molar-refractivity contribution in [2.45, 2.75) is 33.7 Å². The Balaban J connectivity index is 0.00000392. The van der Waals surface area contributed by atoms with Gasteiger partial charge in [0.15, 0.2) is 5.96 Å². The number of hydrogen-bond donors (Lipinski definition) is 2. The van der Waals surface area contributed by atoms with Gasteiger partial charge in [0.05, 0.1) is 13.2 Å². The highest BCUT2D eigenvalue weighted by atomic mass is 127. The number of halogens is 1. The Labute approximate surface area is 188 Å². The number of ether oxygens (including phenoxy) is 1. The molecule has 0 bridgehead atoms. The van der Waals surface area contributed by atoms with Crippen LogP contribution in [-0.4, -0.2) is 75.2 Å². The Morgan fingerprint density at radius 2 is 1.96 bits per heavy atom. The molecule has 160 valence electrons. The summed E-state index contributed by atoms with van der Waals surface area (Å²) in [5.41, 5.74) is 2.33. The first-order valence-corrected chi connectivity index (χ1v) is 10.3. The van der Waals surface area contributed by atoms with Gasteiger partial charge in [0.2, 0.25) is 0 Å². The molecule has 1 fully saturated rings. The number of hydrogen-bond acceptors (Lipinski definition) is 4. The van der Waals surface area contributed by atoms with E-state index in [1.807, 2.05) is 6.92 Å². The van der Waals surface area contributed by atoms with E-state index in [0.29, 0.717) is 13.2 Å². The number of aliphatic imine (C=N–C) groups is 1. The summed E-state index contributed by atoms with van der Waals surface area (Å²) in [5.74, 6) is 1.80. The number of likely N-dealkylation sites (N-methyl/N-ethyl adjacent to an activating group) is 1. The van der Waals surface area contributed by atoms with Gasteiger partial charge in [0.25, 0.3) is 0 Å². The molecule has 2 N–H and O–H groups in total. The Morgan fingerprint density at radius 1 is 1.14 bits per heavy atom. The van der Waals surface area contributed by atoms with Gasteiger partial charge >= 0.3 is 0 Å². The number of aryl methyl sites for hydroxylation is 1. The van der Waals surface area contributed by atoms with Gasteiger partial charge < -0.3 is 25.2 Å². The lowest BCUT2D eigenvalue weighted by Gasteiger charge is -2.21. The molecule has 0 unspecified atom stereocenters. The molecule has 1 aromatic rings. The molecule has 1 aromatic carbocycles. The second-order valence-corrected chi connectivity index (χ2v) is 7.16. The maximum absolute atomic E-state index is 5.77. The maximum Gasteiger partial charge on any atom is 0.191 e. The Bertz CT molecular complexity index is 596. The zero-order chi connectivity index (χ0) is 19.5. The van der Waals surface area contributed by atoms with Crippen LogP contribution in [0.15, 0.2) is 23.2 Å². The van der Waals surface area contributed by atoms with E-state index in [1.165, 1.54) is 25.1 Å². The lowest BCUT2D eigenvalue weighted by molar-refractivity contribution is 0.280. The molecule has 0 aromatic heterocycles. The summed E-state index contributed by atoms with van der Waals surface area (Å²) in [6.07, 6.45) is 1.25. The third kappa shape index (κ3) is 8.96. The van der Waals surface area contributed by atoms with Gasteiger partial charge in [-0.15, -0.1) is 24.0 Å². The molecule has 1 saturated heterocycles. The van der Waals surface area contributed by atoms with Gasteiger partial charge in [-0.2, -0.15) is 0 Å². The van der Waals surface area contributed by atoms with Gasteiger partial charge in [0, 0.05) is 38.3 Å². The molecule has 0 aliphatic carbocycles. The molecule has 0 radical (unpaired) electrons. The number of nitrogens with one attached hydrogen (secondary N) is 2. The van der Waals surface area contributed by atoms with Gasteiger partial charge in [0.1, 0.15) is 5.75 Å². The molecule has 1 aliphatic rings. The zero-order valence-corrected chi connectivity index (χ0v) is 20.3. The molecule has 1 heterocycles. The van der Waals surface area contributed by atoms with E-state index in [-0.39, 0.29) is 24.0 Å². The summed E-state index contributed by atoms with van der Waals surface area (Å²) in [7, 11) is 2.21. The number of guanidine groups is 1. The largest absolute Gasteiger partial charge is 0.494 e. The van der Waals surface area contributed by atoms with Crippen molar-refractivity contribution in [2.24, 2.45) is 4.99 Å². The van der Waals surface area contributed by atoms with Crippen LogP contribution < -0.4 is 15.4 Å². The standard InChI is InChI=1S/C21H37N5O.HI/c1-5-22-21(23-10-13-26-12-7-11-25(4)14-15-26)24-17-19-9-8-18(3)16-20(19)27-6-2;/h8-9,16H,5-7,10-15,17H2,1-4H3,(H2,22,23,24);1H. The Kier molecular flexibility index (Phi) is 12.5. The first kappa shape index (κ1) is 25.0. The summed E-state index contributed by atoms with van der Waals surface area (Å²) in [6.45, 7) is 15.0. The molecule has 0 amide bonds. The molecule has 0 saturated carbocycles. The predicted octanol–water partition coefficient (Wildman–Crippen LogP) is 2.70. The van der Waals surface area contributed by atoms with Gasteiger partial charge in [-0.25, -0.2) is 4.99 Å². The second-order valence-electron chi connectivity index (χ2n) is 7.16. The third-order valence-corrected chi connectivity index (χ3v) is 4.81. The molecule has 2 rings (SSSR count). The minimum absolute atomic E-state index is 0. The lowest BCUT2D eigenvalue weighted by Crippen LogP contribution is -2.42. The summed E-state index contributed by atoms with van der Waals surface area (Å²) >= 11 is 0. The van der Waals surface area contributed by atoms with E-state index in [1.54, 1.807) is 0 Å². The van der Waals surface area contributed by atoms with Crippen LogP contribution in [0.5, 0.6) is 5.75 Å². The fourth-order valence-electron chi connectivity index (χ4n) is 3.24. The van der Waals surface area contributed by atoms with Crippen molar-refractivity contribution in [3.63, 3.8) is 0 Å². The van der Waals surface area contributed by atoms with Gasteiger partial charge in [-0.1, -0.05) is 12.1 Å². The van der Waals surface area contributed by atoms with Crippen LogP contribution in [0.1, 0.15) is 31.4 Å². The monoisotopic (exact) mass is 503 g/mol. The van der Waals surface area contributed by atoms with Gasteiger partial charge in [-0.3, -0.25) is 0 Å². The first-order valence-electron chi connectivity index (χ1n) is 10.3. The van der Waals surface area contributed by atoms with Crippen LogP contribution in [0.3, 0.4) is 0 Å². The predicted molar refractivity (Wildman–Crippen MR) is 129 cm³/mol. The molecule has 6 nitrogen and oxygen atoms in total. The molecule has 0 spiro atoms. The van der Waals surface area contributed by atoms with Crippen molar-refractivity contribution in [3.8, 4) is 5.75 Å². The summed E-state index contributed by atoms with van der Waals surface area (Å²) in [4.78, 5) is 9.71. The minimum atomic E-state index is 0. The number of nitrogens with zero attached hydrogens (tertiary/aromatic N) is 3. The summed E-state index contributed by atoms with van der Waals surface area (Å²) in [5, 5.41) is 6.82. The highest BCUT2D eigenvalue weighted by Gasteiger charge is 2.11. The quantitative estimate of drug-likeness (QED) is 0.325. The lowest BCUT2D eigenvalue weighted by atomic mass is 10.1. The Hall–Kier alpha value is -1.06. The number of rotatable bonds is 8. The van der Waals surface area contributed by atoms with Crippen molar-refractivity contribution >= 4 is 29.9 Å². The molecular formula is C21H38IN5O. The van der Waals surface area contributed by atoms with E-state index in [2.05, 4.69) is 59.5 Å². The van der Waals surface area contributed by atoms with Crippen LogP contribution >= 0.6 is 24.0 Å². The molecular weight excluding hydrogens is 465 g/mol. The zero-order valence-electron chi connectivity index (χ0n) is 18.0. The maximum atomic E-state index is 5.77. The van der Waals surface area contributed by atoms with Crippen LogP contribution in [-0.2, 0) is 6.54 Å². The van der Waals surface area contributed by atoms with Crippen molar-refractivity contribution in [3.05, 3.63) is 29.3 Å². The van der Waals surface area contributed by atoms with E-state index in [4.69, 9.17) is 9.73 Å². The fourth-order valence-corrected chi connectivity index (χ4v) is 3.24. The van der Waals surface area contributed by atoms with E-state index in [9.17, 15) is 0 Å². The SMILES string of the molecule is CCNC(=NCc1ccc(C)cc1OCC)NCCN1CCCN(C)CC1.I. The van der Waals surface area contributed by atoms with E-state index >= 15 is 0 Å². The molecule has 28 heavy (non-hydrogen) atoms. The van der Waals surface area contributed by atoms with Crippen LogP contribution in [0, 0.1) is 6.92 Å². The summed E-state index contributed by atoms with van der Waals surface area (Å²) in [6, 6.07) is 6.32. The van der Waals surface area contributed by atoms with Crippen molar-refractivity contribution < 1.29 is 4.74 Å². The normalized spacial score (nSPS) is 16.2. The molecule has 7 heteroatoms. The van der Waals surface area contributed by atoms with Gasteiger partial charge in [-0.05, 0) is 59.0 Å². The van der Waals surface area contributed by atoms with Crippen LogP contribution in [0.25, 0.3) is 0 Å². The second kappa shape index (κ2) is 14.0. The molecule has 1 aliphatic heterocycles. The average molecular weight is 503 g/mol. The van der Waals surface area contributed by atoms with Crippen LogP contribution in [0.4, 0.5) is 0 Å². The topological polar surface area (TPSA) is 52.1 Å². The number of benzene rings is 1. The van der Waals surface area contributed by atoms with Crippen molar-refractivity contribution in [1.29, 1.82) is 0 Å². The highest BCUT2D eigenvalue weighted by molar-refractivity contribution is 14.0. The smallest absolute Gasteiger partial charge is 0.191 e. The van der Waals surface area contributed by atoms with Crippen molar-refractivity contribution in [1.82, 2.24) is 20.4 Å².